The standard InChI is InChI=1S/C11H13N5O/c1-7-4-8(16-12)2-3-10(7)11(17)15-9-5-13-14-6-9/h2-6,16H,12H2,1H3,(H,13,14)(H,15,17). The topological polar surface area (TPSA) is 95.8 Å². The van der Waals surface area contributed by atoms with E-state index >= 15 is 0 Å². The van der Waals surface area contributed by atoms with Crippen LogP contribution in [-0.4, -0.2) is 16.1 Å². The van der Waals surface area contributed by atoms with Gasteiger partial charge in [-0.1, -0.05) is 0 Å². The maximum atomic E-state index is 11.9. The number of nitrogen functional groups attached to an aromatic ring is 1. The summed E-state index contributed by atoms with van der Waals surface area (Å²) in [6, 6.07) is 5.28. The Morgan fingerprint density at radius 3 is 2.82 bits per heavy atom. The van der Waals surface area contributed by atoms with Crippen LogP contribution in [0.4, 0.5) is 11.4 Å². The number of hydrogen-bond acceptors (Lipinski definition) is 4. The van der Waals surface area contributed by atoms with Crippen LogP contribution < -0.4 is 16.6 Å². The largest absolute Gasteiger partial charge is 0.324 e. The van der Waals surface area contributed by atoms with E-state index in [2.05, 4.69) is 20.9 Å². The van der Waals surface area contributed by atoms with Crippen molar-refractivity contribution in [2.24, 2.45) is 5.84 Å². The first-order valence-corrected chi connectivity index (χ1v) is 5.08. The fourth-order valence-electron chi connectivity index (χ4n) is 1.53. The van der Waals surface area contributed by atoms with Crippen molar-refractivity contribution in [3.63, 3.8) is 0 Å². The highest BCUT2D eigenvalue weighted by atomic mass is 16.1. The number of nitrogens with zero attached hydrogens (tertiary/aromatic N) is 1. The van der Waals surface area contributed by atoms with Crippen LogP contribution in [-0.2, 0) is 0 Å². The minimum absolute atomic E-state index is 0.174. The lowest BCUT2D eigenvalue weighted by Gasteiger charge is -2.07. The molecule has 17 heavy (non-hydrogen) atoms. The summed E-state index contributed by atoms with van der Waals surface area (Å²) in [7, 11) is 0. The molecule has 1 heterocycles. The predicted molar refractivity (Wildman–Crippen MR) is 65.5 cm³/mol. The zero-order valence-electron chi connectivity index (χ0n) is 9.32. The van der Waals surface area contributed by atoms with Crippen molar-refractivity contribution in [1.82, 2.24) is 10.2 Å². The molecule has 5 N–H and O–H groups in total. The maximum Gasteiger partial charge on any atom is 0.256 e. The molecule has 6 nitrogen and oxygen atoms in total. The number of carbonyl (C=O) groups excluding carboxylic acids is 1. The van der Waals surface area contributed by atoms with Gasteiger partial charge in [-0.25, -0.2) is 0 Å². The van der Waals surface area contributed by atoms with Crippen LogP contribution >= 0.6 is 0 Å². The predicted octanol–water partition coefficient (Wildman–Crippen LogP) is 1.26. The number of hydrogen-bond donors (Lipinski definition) is 4. The highest BCUT2D eigenvalue weighted by Gasteiger charge is 2.09. The van der Waals surface area contributed by atoms with Gasteiger partial charge in [-0.15, -0.1) is 0 Å². The van der Waals surface area contributed by atoms with E-state index in [0.29, 0.717) is 11.3 Å². The van der Waals surface area contributed by atoms with E-state index in [-0.39, 0.29) is 5.91 Å². The Morgan fingerprint density at radius 1 is 1.41 bits per heavy atom. The van der Waals surface area contributed by atoms with E-state index in [1.54, 1.807) is 24.5 Å². The van der Waals surface area contributed by atoms with Gasteiger partial charge in [-0.05, 0) is 30.7 Å². The SMILES string of the molecule is Cc1cc(NN)ccc1C(=O)Nc1cn[nH]c1. The summed E-state index contributed by atoms with van der Waals surface area (Å²) >= 11 is 0. The molecule has 0 atom stereocenters. The molecule has 0 aliphatic rings. The summed E-state index contributed by atoms with van der Waals surface area (Å²) in [5.41, 5.74) is 5.38. The number of aromatic amines is 1. The number of nitrogens with two attached hydrogens (primary N) is 1. The smallest absolute Gasteiger partial charge is 0.256 e. The lowest BCUT2D eigenvalue weighted by molar-refractivity contribution is 0.102. The van der Waals surface area contributed by atoms with Crippen LogP contribution in [0, 0.1) is 6.92 Å². The molecule has 0 fully saturated rings. The van der Waals surface area contributed by atoms with Crippen molar-refractivity contribution in [2.75, 3.05) is 10.7 Å². The molecule has 6 heteroatoms. The van der Waals surface area contributed by atoms with Crippen molar-refractivity contribution in [1.29, 1.82) is 0 Å². The lowest BCUT2D eigenvalue weighted by atomic mass is 10.1. The first kappa shape index (κ1) is 11.2. The molecule has 0 saturated carbocycles. The minimum atomic E-state index is -0.174. The highest BCUT2D eigenvalue weighted by Crippen LogP contribution is 2.15. The average molecular weight is 231 g/mol. The van der Waals surface area contributed by atoms with Gasteiger partial charge >= 0.3 is 0 Å². The third kappa shape index (κ3) is 2.43. The van der Waals surface area contributed by atoms with Gasteiger partial charge in [-0.3, -0.25) is 15.7 Å². The highest BCUT2D eigenvalue weighted by molar-refractivity contribution is 6.05. The third-order valence-corrected chi connectivity index (χ3v) is 2.39. The van der Waals surface area contributed by atoms with Gasteiger partial charge in [0.25, 0.3) is 5.91 Å². The number of H-pyrrole nitrogens is 1. The van der Waals surface area contributed by atoms with Gasteiger partial charge in [0.2, 0.25) is 0 Å². The van der Waals surface area contributed by atoms with E-state index in [4.69, 9.17) is 5.84 Å². The number of amides is 1. The Hall–Kier alpha value is -2.34. The Balaban J connectivity index is 2.19. The van der Waals surface area contributed by atoms with Gasteiger partial charge in [0.1, 0.15) is 0 Å². The van der Waals surface area contributed by atoms with E-state index in [1.807, 2.05) is 13.0 Å². The molecule has 88 valence electrons. The number of hydrazine groups is 1. The Kier molecular flexibility index (Phi) is 3.06. The second-order valence-corrected chi connectivity index (χ2v) is 3.62. The second kappa shape index (κ2) is 4.67. The number of carbonyl (C=O) groups is 1. The zero-order chi connectivity index (χ0) is 12.3. The van der Waals surface area contributed by atoms with E-state index in [1.165, 1.54) is 0 Å². The van der Waals surface area contributed by atoms with Crippen molar-refractivity contribution in [3.8, 4) is 0 Å². The first-order chi connectivity index (χ1) is 8.20. The summed E-state index contributed by atoms with van der Waals surface area (Å²) in [4.78, 5) is 11.9. The van der Waals surface area contributed by atoms with Crippen molar-refractivity contribution in [2.45, 2.75) is 6.92 Å². The molecule has 0 bridgehead atoms. The monoisotopic (exact) mass is 231 g/mol. The second-order valence-electron chi connectivity index (χ2n) is 3.62. The molecule has 0 saturated heterocycles. The number of nitrogens with one attached hydrogen (secondary N) is 3. The van der Waals surface area contributed by atoms with Gasteiger partial charge in [-0.2, -0.15) is 5.10 Å². The Labute approximate surface area is 98.2 Å². The lowest BCUT2D eigenvalue weighted by Crippen LogP contribution is -2.14. The summed E-state index contributed by atoms with van der Waals surface area (Å²) in [6.45, 7) is 1.85. The van der Waals surface area contributed by atoms with Crippen molar-refractivity contribution < 1.29 is 4.79 Å². The molecule has 2 aromatic rings. The van der Waals surface area contributed by atoms with Crippen molar-refractivity contribution >= 4 is 17.3 Å². The summed E-state index contributed by atoms with van der Waals surface area (Å²) in [5, 5.41) is 9.11. The molecule has 0 aliphatic heterocycles. The molecule has 0 radical (unpaired) electrons. The Morgan fingerprint density at radius 2 is 2.24 bits per heavy atom. The Bertz CT molecular complexity index is 521. The van der Waals surface area contributed by atoms with Gasteiger partial charge < -0.3 is 10.7 Å². The molecule has 0 spiro atoms. The molecular weight excluding hydrogens is 218 g/mol. The number of aromatic nitrogens is 2. The normalized spacial score (nSPS) is 10.0. The zero-order valence-corrected chi connectivity index (χ0v) is 9.32. The first-order valence-electron chi connectivity index (χ1n) is 5.08. The quantitative estimate of drug-likeness (QED) is 0.472. The minimum Gasteiger partial charge on any atom is -0.324 e. The summed E-state index contributed by atoms with van der Waals surface area (Å²) in [5.74, 6) is 5.12. The van der Waals surface area contributed by atoms with Crippen LogP contribution in [0.1, 0.15) is 15.9 Å². The molecule has 1 amide bonds. The fraction of sp³-hybridized carbons (Fsp3) is 0.0909. The van der Waals surface area contributed by atoms with E-state index in [0.717, 1.165) is 11.3 Å². The van der Waals surface area contributed by atoms with Gasteiger partial charge in [0.15, 0.2) is 0 Å². The molecule has 2 rings (SSSR count). The van der Waals surface area contributed by atoms with Gasteiger partial charge in [0.05, 0.1) is 11.9 Å². The van der Waals surface area contributed by atoms with Crippen LogP contribution in [0.5, 0.6) is 0 Å². The van der Waals surface area contributed by atoms with Crippen LogP contribution in [0.2, 0.25) is 0 Å². The molecule has 0 unspecified atom stereocenters. The van der Waals surface area contributed by atoms with Crippen LogP contribution in [0.25, 0.3) is 0 Å². The number of rotatable bonds is 3. The molecular formula is C11H13N5O. The molecule has 0 aliphatic carbocycles. The van der Waals surface area contributed by atoms with Gasteiger partial charge in [0, 0.05) is 17.4 Å². The average Bonchev–Trinajstić information content (AvgIpc) is 2.81. The summed E-state index contributed by atoms with van der Waals surface area (Å²) < 4.78 is 0. The van der Waals surface area contributed by atoms with Crippen LogP contribution in [0.3, 0.4) is 0 Å². The maximum absolute atomic E-state index is 11.9. The summed E-state index contributed by atoms with van der Waals surface area (Å²) in [6.07, 6.45) is 3.16. The van der Waals surface area contributed by atoms with E-state index < -0.39 is 0 Å². The molecule has 1 aromatic heterocycles. The number of anilines is 2. The van der Waals surface area contributed by atoms with Crippen molar-refractivity contribution in [3.05, 3.63) is 41.7 Å². The fourth-order valence-corrected chi connectivity index (χ4v) is 1.53. The number of aryl methyl sites for hydroxylation is 1. The van der Waals surface area contributed by atoms with Crippen LogP contribution in [0.15, 0.2) is 30.6 Å². The number of benzene rings is 1. The molecule has 1 aromatic carbocycles. The third-order valence-electron chi connectivity index (χ3n) is 2.39. The van der Waals surface area contributed by atoms with E-state index in [9.17, 15) is 4.79 Å².